The highest BCUT2D eigenvalue weighted by Gasteiger charge is 2.26. The molecule has 0 aromatic carbocycles. The second-order valence-electron chi connectivity index (χ2n) is 3.51. The lowest BCUT2D eigenvalue weighted by atomic mass is 9.93. The van der Waals surface area contributed by atoms with Crippen LogP contribution in [0.4, 0.5) is 0 Å². The van der Waals surface area contributed by atoms with Crippen LogP contribution in [0.5, 0.6) is 0 Å². The number of aliphatic hydroxyl groups excluding tert-OH is 4. The first-order chi connectivity index (χ1) is 8.94. The molecular weight excluding hydrogens is 260 g/mol. The molecule has 4 N–H and O–H groups in total. The average molecular weight is 280 g/mol. The summed E-state index contributed by atoms with van der Waals surface area (Å²) in [6, 6.07) is 0. The van der Waals surface area contributed by atoms with Crippen LogP contribution in [-0.2, 0) is 19.1 Å². The summed E-state index contributed by atoms with van der Waals surface area (Å²) in [4.78, 5) is 20.6. The van der Waals surface area contributed by atoms with Crippen molar-refractivity contribution in [3.05, 3.63) is 12.2 Å². The number of carbonyl (C=O) groups excluding carboxylic acids is 2. The topological polar surface area (TPSA) is 134 Å². The third kappa shape index (κ3) is 9.14. The molecule has 0 fully saturated rings. The Bertz CT molecular complexity index is 247. The quantitative estimate of drug-likeness (QED) is 0.319. The van der Waals surface area contributed by atoms with Crippen molar-refractivity contribution in [2.45, 2.75) is 0 Å². The first-order valence-electron chi connectivity index (χ1n) is 5.22. The van der Waals surface area contributed by atoms with Crippen molar-refractivity contribution in [3.8, 4) is 0 Å². The first kappa shape index (κ1) is 19.9. The van der Waals surface area contributed by atoms with E-state index in [4.69, 9.17) is 20.4 Å². The Morgan fingerprint density at radius 1 is 0.842 bits per heavy atom. The molecule has 0 aliphatic rings. The molecule has 0 atom stereocenters. The zero-order chi connectivity index (χ0) is 15.3. The summed E-state index contributed by atoms with van der Waals surface area (Å²) in [5.41, 5.74) is -1.11. The van der Waals surface area contributed by atoms with Crippen LogP contribution in [-0.4, -0.2) is 73.0 Å². The molecule has 0 bridgehead atoms. The van der Waals surface area contributed by atoms with Crippen LogP contribution in [0.3, 0.4) is 0 Å². The van der Waals surface area contributed by atoms with E-state index in [1.807, 2.05) is 0 Å². The van der Waals surface area contributed by atoms with Crippen LogP contribution >= 0.6 is 0 Å². The van der Waals surface area contributed by atoms with E-state index < -0.39 is 43.8 Å². The molecule has 19 heavy (non-hydrogen) atoms. The Morgan fingerprint density at radius 2 is 1.11 bits per heavy atom. The Morgan fingerprint density at radius 3 is 1.21 bits per heavy atom. The molecule has 0 radical (unpaired) electrons. The second kappa shape index (κ2) is 11.6. The summed E-state index contributed by atoms with van der Waals surface area (Å²) < 4.78 is 8.42. The van der Waals surface area contributed by atoms with E-state index in [0.29, 0.717) is 0 Å². The summed E-state index contributed by atoms with van der Waals surface area (Å²) in [6.45, 7) is -1.62. The fraction of sp³-hybridized carbons (Fsp3) is 0.636. The molecule has 0 amide bonds. The molecule has 0 unspecified atom stereocenters. The molecule has 0 aliphatic heterocycles. The van der Waals surface area contributed by atoms with Crippen molar-refractivity contribution < 1.29 is 39.5 Å². The lowest BCUT2D eigenvalue weighted by Gasteiger charge is -2.23. The summed E-state index contributed by atoms with van der Waals surface area (Å²) in [5, 5.41) is 34.0. The van der Waals surface area contributed by atoms with E-state index in [-0.39, 0.29) is 0 Å². The molecule has 0 rings (SSSR count). The maximum Gasteiger partial charge on any atom is 0.330 e. The van der Waals surface area contributed by atoms with Crippen LogP contribution in [0.15, 0.2) is 12.2 Å². The van der Waals surface area contributed by atoms with Gasteiger partial charge in [0.05, 0.1) is 46.1 Å². The van der Waals surface area contributed by atoms with Crippen molar-refractivity contribution in [1.29, 1.82) is 0 Å². The predicted octanol–water partition coefficient (Wildman–Crippen LogP) is -2.17. The van der Waals surface area contributed by atoms with E-state index in [0.717, 1.165) is 12.2 Å². The predicted molar refractivity (Wildman–Crippen MR) is 63.9 cm³/mol. The Kier molecular flexibility index (Phi) is 12.1. The van der Waals surface area contributed by atoms with Crippen LogP contribution in [0.25, 0.3) is 0 Å². The molecule has 0 saturated carbocycles. The van der Waals surface area contributed by atoms with Gasteiger partial charge in [-0.15, -0.1) is 0 Å². The van der Waals surface area contributed by atoms with Gasteiger partial charge in [0.25, 0.3) is 0 Å². The fourth-order valence-corrected chi connectivity index (χ4v) is 0.572. The molecule has 0 spiro atoms. The highest BCUT2D eigenvalue weighted by atomic mass is 16.5. The second-order valence-corrected chi connectivity index (χ2v) is 3.51. The first-order valence-corrected chi connectivity index (χ1v) is 5.22. The average Bonchev–Trinajstić information content (AvgIpc) is 2.48. The van der Waals surface area contributed by atoms with Crippen LogP contribution < -0.4 is 0 Å². The van der Waals surface area contributed by atoms with Crippen molar-refractivity contribution in [2.24, 2.45) is 5.41 Å². The monoisotopic (exact) mass is 280 g/mol. The van der Waals surface area contributed by atoms with Gasteiger partial charge in [0, 0.05) is 12.2 Å². The summed E-state index contributed by atoms with van der Waals surface area (Å²) in [7, 11) is 2.45. The normalized spacial score (nSPS) is 10.6. The number of methoxy groups -OCH3 is 2. The smallest absolute Gasteiger partial charge is 0.330 e. The molecular formula is C11H20O8. The summed E-state index contributed by atoms with van der Waals surface area (Å²) >= 11 is 0. The van der Waals surface area contributed by atoms with E-state index in [2.05, 4.69) is 9.47 Å². The molecule has 112 valence electrons. The van der Waals surface area contributed by atoms with Gasteiger partial charge in [0.1, 0.15) is 0 Å². The molecule has 0 aromatic heterocycles. The van der Waals surface area contributed by atoms with E-state index in [1.54, 1.807) is 0 Å². The Labute approximate surface area is 110 Å². The van der Waals surface area contributed by atoms with Crippen LogP contribution in [0, 0.1) is 5.41 Å². The minimum absolute atomic E-state index is 0.406. The number of hydrogen-bond acceptors (Lipinski definition) is 8. The van der Waals surface area contributed by atoms with Gasteiger partial charge in [0.2, 0.25) is 0 Å². The van der Waals surface area contributed by atoms with Gasteiger partial charge in [0.15, 0.2) is 0 Å². The van der Waals surface area contributed by atoms with E-state index >= 15 is 0 Å². The molecule has 0 saturated heterocycles. The number of ether oxygens (including phenoxy) is 2. The minimum atomic E-state index is -1.11. The van der Waals surface area contributed by atoms with Gasteiger partial charge in [-0.1, -0.05) is 0 Å². The van der Waals surface area contributed by atoms with Gasteiger partial charge < -0.3 is 29.9 Å². The Balaban J connectivity index is 0. The third-order valence-electron chi connectivity index (χ3n) is 2.10. The Hall–Kier alpha value is -1.48. The number of aliphatic hydroxyl groups is 4. The number of hydrogen-bond donors (Lipinski definition) is 4. The van der Waals surface area contributed by atoms with Gasteiger partial charge in [-0.3, -0.25) is 0 Å². The summed E-state index contributed by atoms with van der Waals surface area (Å²) in [6.07, 6.45) is 1.98. The fourth-order valence-electron chi connectivity index (χ4n) is 0.572. The zero-order valence-corrected chi connectivity index (χ0v) is 10.9. The van der Waals surface area contributed by atoms with E-state index in [9.17, 15) is 9.59 Å². The van der Waals surface area contributed by atoms with Gasteiger partial charge in [-0.05, 0) is 0 Å². The largest absolute Gasteiger partial charge is 0.466 e. The van der Waals surface area contributed by atoms with Crippen molar-refractivity contribution >= 4 is 11.9 Å². The van der Waals surface area contributed by atoms with Crippen LogP contribution in [0.2, 0.25) is 0 Å². The van der Waals surface area contributed by atoms with Gasteiger partial charge in [-0.2, -0.15) is 0 Å². The zero-order valence-electron chi connectivity index (χ0n) is 10.9. The molecule has 0 heterocycles. The van der Waals surface area contributed by atoms with E-state index in [1.165, 1.54) is 14.2 Å². The third-order valence-corrected chi connectivity index (χ3v) is 2.10. The van der Waals surface area contributed by atoms with Crippen molar-refractivity contribution in [1.82, 2.24) is 0 Å². The molecule has 0 aromatic rings. The lowest BCUT2D eigenvalue weighted by molar-refractivity contribution is -0.137. The van der Waals surface area contributed by atoms with Crippen LogP contribution in [0.1, 0.15) is 0 Å². The highest BCUT2D eigenvalue weighted by molar-refractivity contribution is 5.91. The molecule has 8 nitrogen and oxygen atoms in total. The van der Waals surface area contributed by atoms with Gasteiger partial charge >= 0.3 is 11.9 Å². The highest BCUT2D eigenvalue weighted by Crippen LogP contribution is 2.11. The van der Waals surface area contributed by atoms with Crippen molar-refractivity contribution in [2.75, 3.05) is 40.6 Å². The maximum absolute atomic E-state index is 10.3. The number of rotatable bonds is 6. The number of esters is 2. The summed E-state index contributed by atoms with van der Waals surface area (Å²) in [5.74, 6) is -1.16. The SMILES string of the molecule is COC(=O)/C=C\C(=O)OC.OCC(CO)(CO)CO. The van der Waals surface area contributed by atoms with Gasteiger partial charge in [-0.25, -0.2) is 9.59 Å². The van der Waals surface area contributed by atoms with Crippen molar-refractivity contribution in [3.63, 3.8) is 0 Å². The standard InChI is InChI=1S/C6H8O4.C5H12O4/c1-9-5(7)3-4-6(8)10-2;6-1-5(2-7,3-8)4-9/h3-4H,1-2H3;6-9H,1-4H2/b4-3-;. The molecule has 8 heteroatoms. The maximum atomic E-state index is 10.3. The lowest BCUT2D eigenvalue weighted by Crippen LogP contribution is -2.37. The minimum Gasteiger partial charge on any atom is -0.466 e. The molecule has 0 aliphatic carbocycles. The number of carbonyl (C=O) groups is 2.